The maximum Gasteiger partial charge on any atom is 0.160 e. The van der Waals surface area contributed by atoms with Crippen LogP contribution in [0.5, 0.6) is 0 Å². The molecule has 2 aliphatic rings. The van der Waals surface area contributed by atoms with Gasteiger partial charge in [0.2, 0.25) is 0 Å². The van der Waals surface area contributed by atoms with Gasteiger partial charge in [0.05, 0.1) is 34.4 Å². The monoisotopic (exact) mass is 888 g/mol. The summed E-state index contributed by atoms with van der Waals surface area (Å²) < 4.78 is 7.17. The van der Waals surface area contributed by atoms with Crippen molar-refractivity contribution in [3.8, 4) is 34.4 Å². The molecule has 0 aliphatic heterocycles. The van der Waals surface area contributed by atoms with Gasteiger partial charge in [-0.1, -0.05) is 119 Å². The lowest BCUT2D eigenvalue weighted by atomic mass is 9.70. The van der Waals surface area contributed by atoms with E-state index in [1.165, 1.54) is 50.1 Å². The minimum atomic E-state index is -0.735. The molecule has 0 atom stereocenters. The normalized spacial score (nSPS) is 12.8. The van der Waals surface area contributed by atoms with Gasteiger partial charge in [0.1, 0.15) is 5.58 Å². The average molecular weight is 889 g/mol. The topological polar surface area (TPSA) is 67.2 Å². The van der Waals surface area contributed by atoms with E-state index in [1.54, 1.807) is 0 Å². The van der Waals surface area contributed by atoms with Gasteiger partial charge in [-0.25, -0.2) is 0 Å². The Bertz CT molecular complexity index is 3720. The van der Waals surface area contributed by atoms with E-state index < -0.39 is 5.41 Å². The number of rotatable bonds is 8. The molecular formula is C64H48N4O. The fraction of sp³-hybridized carbons (Fsp3) is 0.125. The fourth-order valence-electron chi connectivity index (χ4n) is 11.5. The molecule has 0 N–H and O–H groups in total. The van der Waals surface area contributed by atoms with Gasteiger partial charge >= 0.3 is 0 Å². The Kier molecular flexibility index (Phi) is 9.69. The fourth-order valence-corrected chi connectivity index (χ4v) is 11.5. The molecule has 330 valence electrons. The van der Waals surface area contributed by atoms with Crippen molar-refractivity contribution in [2.45, 2.75) is 51.9 Å². The number of furan rings is 1. The third kappa shape index (κ3) is 6.28. The largest absolute Gasteiger partial charge is 0.454 e. The number of nitriles is 2. The Labute approximate surface area is 403 Å². The lowest BCUT2D eigenvalue weighted by Crippen LogP contribution is -2.26. The highest BCUT2D eigenvalue weighted by Crippen LogP contribution is 2.66. The smallest absolute Gasteiger partial charge is 0.160 e. The third-order valence-electron chi connectivity index (χ3n) is 14.6. The maximum absolute atomic E-state index is 9.95. The lowest BCUT2D eigenvalue weighted by Gasteiger charge is -2.33. The molecule has 69 heavy (non-hydrogen) atoms. The van der Waals surface area contributed by atoms with Gasteiger partial charge in [0.15, 0.2) is 5.58 Å². The second kappa shape index (κ2) is 16.0. The van der Waals surface area contributed by atoms with Crippen LogP contribution in [0.2, 0.25) is 0 Å². The predicted octanol–water partition coefficient (Wildman–Crippen LogP) is 17.2. The summed E-state index contributed by atoms with van der Waals surface area (Å²) in [5, 5.41) is 21.9. The highest BCUT2D eigenvalue weighted by Gasteiger charge is 2.53. The summed E-state index contributed by atoms with van der Waals surface area (Å²) in [6.07, 6.45) is 0. The van der Waals surface area contributed by atoms with E-state index >= 15 is 0 Å². The van der Waals surface area contributed by atoms with Crippen molar-refractivity contribution >= 4 is 56.1 Å². The molecule has 0 fully saturated rings. The van der Waals surface area contributed by atoms with Crippen molar-refractivity contribution in [1.29, 1.82) is 10.5 Å². The van der Waals surface area contributed by atoms with Crippen LogP contribution in [-0.4, -0.2) is 0 Å². The first-order valence-corrected chi connectivity index (χ1v) is 23.8. The Morgan fingerprint density at radius 2 is 1.01 bits per heavy atom. The minimum Gasteiger partial charge on any atom is -0.454 e. The number of para-hydroxylation sites is 1. The van der Waals surface area contributed by atoms with E-state index in [-0.39, 0.29) is 0 Å². The number of nitrogens with zero attached hydrogens (tertiary/aromatic N) is 4. The second-order valence-corrected chi connectivity index (χ2v) is 19.1. The van der Waals surface area contributed by atoms with Crippen LogP contribution in [0.4, 0.5) is 34.1 Å². The van der Waals surface area contributed by atoms with Crippen molar-refractivity contribution < 1.29 is 4.42 Å². The first kappa shape index (κ1) is 41.8. The summed E-state index contributed by atoms with van der Waals surface area (Å²) in [7, 11) is 0. The third-order valence-corrected chi connectivity index (χ3v) is 14.6. The Morgan fingerprint density at radius 3 is 1.61 bits per heavy atom. The molecule has 5 heteroatoms. The van der Waals surface area contributed by atoms with Gasteiger partial charge in [-0.15, -0.1) is 0 Å². The van der Waals surface area contributed by atoms with E-state index in [0.717, 1.165) is 67.2 Å². The molecule has 1 heterocycles. The van der Waals surface area contributed by atoms with E-state index in [9.17, 15) is 10.5 Å². The van der Waals surface area contributed by atoms with E-state index in [2.05, 4.69) is 190 Å². The van der Waals surface area contributed by atoms with Gasteiger partial charge in [-0.2, -0.15) is 10.5 Å². The molecule has 5 nitrogen and oxygen atoms in total. The first-order chi connectivity index (χ1) is 33.7. The molecule has 0 saturated heterocycles. The van der Waals surface area contributed by atoms with Gasteiger partial charge in [0, 0.05) is 39.2 Å². The zero-order chi connectivity index (χ0) is 47.1. The maximum atomic E-state index is 9.95. The SMILES string of the molecule is Cc1cc(N(c2ccc(C#N)cc2)c2cc3c(c4c2oc2ccccc24)-c2ccc(N(c4ccc(C#N)cc4)c4ccc(C(C)C)cc4)cc2C32c3ccccc3-c3ccccc32)ccc1C(C)C. The van der Waals surface area contributed by atoms with E-state index in [0.29, 0.717) is 23.0 Å². The molecule has 10 aromatic rings. The zero-order valence-corrected chi connectivity index (χ0v) is 39.2. The quantitative estimate of drug-likeness (QED) is 0.152. The summed E-state index contributed by atoms with van der Waals surface area (Å²) in [4.78, 5) is 4.64. The number of aryl methyl sites for hydroxylation is 1. The van der Waals surface area contributed by atoms with Crippen molar-refractivity contribution in [2.24, 2.45) is 0 Å². The van der Waals surface area contributed by atoms with Crippen LogP contribution < -0.4 is 9.80 Å². The molecule has 0 saturated carbocycles. The van der Waals surface area contributed by atoms with Crippen LogP contribution in [0.25, 0.3) is 44.2 Å². The molecule has 9 aromatic carbocycles. The number of hydrogen-bond donors (Lipinski definition) is 0. The highest BCUT2D eigenvalue weighted by molar-refractivity contribution is 6.20. The van der Waals surface area contributed by atoms with Crippen molar-refractivity contribution in [3.63, 3.8) is 0 Å². The van der Waals surface area contributed by atoms with Crippen molar-refractivity contribution in [3.05, 3.63) is 238 Å². The van der Waals surface area contributed by atoms with Crippen LogP contribution in [0.15, 0.2) is 192 Å². The summed E-state index contributed by atoms with van der Waals surface area (Å²) in [6.45, 7) is 11.1. The Balaban J connectivity index is 1.21. The van der Waals surface area contributed by atoms with Crippen LogP contribution >= 0.6 is 0 Å². The van der Waals surface area contributed by atoms with Gasteiger partial charge in [0.25, 0.3) is 0 Å². The van der Waals surface area contributed by atoms with Gasteiger partial charge in [-0.3, -0.25) is 0 Å². The number of benzene rings is 9. The summed E-state index contributed by atoms with van der Waals surface area (Å²) in [5.41, 5.74) is 21.3. The highest BCUT2D eigenvalue weighted by atomic mass is 16.3. The number of anilines is 6. The summed E-state index contributed by atoms with van der Waals surface area (Å²) in [5.74, 6) is 0.753. The molecule has 0 amide bonds. The minimum absolute atomic E-state index is 0.363. The standard InChI is InChI=1S/C64H48N4O/c1-39(2)44-22-28-46(29-23-44)67(45-24-18-42(37-65)19-25-45)49-31-33-53-57(35-49)64(55-15-9-6-12-51(55)52-13-7-10-16-56(52)64)58-36-59(63-62(61(53)58)54-14-8-11-17-60(54)69-63)68(47-26-20-43(38-66)21-27-47)48-30-32-50(40(3)4)41(5)34-48/h6-36,39-40H,1-5H3. The van der Waals surface area contributed by atoms with Crippen molar-refractivity contribution in [1.82, 2.24) is 0 Å². The summed E-state index contributed by atoms with van der Waals surface area (Å²) in [6, 6.07) is 71.8. The van der Waals surface area contributed by atoms with Crippen LogP contribution in [-0.2, 0) is 5.41 Å². The molecule has 1 aromatic heterocycles. The predicted molar refractivity (Wildman–Crippen MR) is 282 cm³/mol. The zero-order valence-electron chi connectivity index (χ0n) is 39.2. The van der Waals surface area contributed by atoms with Gasteiger partial charge < -0.3 is 14.2 Å². The van der Waals surface area contributed by atoms with E-state index in [4.69, 9.17) is 4.42 Å². The lowest BCUT2D eigenvalue weighted by molar-refractivity contribution is 0.668. The molecule has 2 aliphatic carbocycles. The van der Waals surface area contributed by atoms with Crippen LogP contribution in [0.3, 0.4) is 0 Å². The molecule has 0 unspecified atom stereocenters. The second-order valence-electron chi connectivity index (χ2n) is 19.1. The molecular weight excluding hydrogens is 841 g/mol. The molecule has 0 bridgehead atoms. The van der Waals surface area contributed by atoms with Crippen molar-refractivity contribution in [2.75, 3.05) is 9.80 Å². The molecule has 1 spiro atoms. The van der Waals surface area contributed by atoms with E-state index in [1.807, 2.05) is 54.6 Å². The number of hydrogen-bond acceptors (Lipinski definition) is 5. The van der Waals surface area contributed by atoms with Crippen LogP contribution in [0.1, 0.15) is 89.6 Å². The molecule has 0 radical (unpaired) electrons. The van der Waals surface area contributed by atoms with Crippen LogP contribution in [0, 0.1) is 29.6 Å². The first-order valence-electron chi connectivity index (χ1n) is 23.8. The molecule has 12 rings (SSSR count). The van der Waals surface area contributed by atoms with Gasteiger partial charge in [-0.05, 0) is 177 Å². The average Bonchev–Trinajstić information content (AvgIpc) is 4.01. The Morgan fingerprint density at radius 1 is 0.478 bits per heavy atom. The Hall–Kier alpha value is -8.64. The number of fused-ring (bicyclic) bond motifs is 14. The summed E-state index contributed by atoms with van der Waals surface area (Å²) >= 11 is 0.